The van der Waals surface area contributed by atoms with Crippen LogP contribution in [0.5, 0.6) is 0 Å². The van der Waals surface area contributed by atoms with Gasteiger partial charge in [0.15, 0.2) is 5.16 Å². The normalized spacial score (nSPS) is 11.7. The number of hydrogen-bond donors (Lipinski definition) is 0. The van der Waals surface area contributed by atoms with Gasteiger partial charge in [0.1, 0.15) is 17.5 Å². The molecule has 0 aromatic carbocycles. The van der Waals surface area contributed by atoms with Crippen LogP contribution >= 0.6 is 23.4 Å². The van der Waals surface area contributed by atoms with E-state index in [1.165, 1.54) is 17.8 Å². The Hall–Kier alpha value is -0.690. The van der Waals surface area contributed by atoms with E-state index in [0.29, 0.717) is 11.6 Å². The Morgan fingerprint density at radius 3 is 2.56 bits per heavy atom. The first-order valence-corrected chi connectivity index (χ1v) is 6.86. The first-order valence-electron chi connectivity index (χ1n) is 5.26. The monoisotopic (exact) mass is 299 g/mol. The van der Waals surface area contributed by atoms with Gasteiger partial charge in [-0.1, -0.05) is 30.3 Å². The molecule has 0 spiro atoms. The first kappa shape index (κ1) is 15.4. The summed E-state index contributed by atoms with van der Waals surface area (Å²) in [5, 5.41) is 0.508. The van der Waals surface area contributed by atoms with E-state index in [1.807, 2.05) is 6.92 Å². The summed E-state index contributed by atoms with van der Waals surface area (Å²) < 4.78 is 37.4. The number of hydrogen-bond acceptors (Lipinski definition) is 4. The van der Waals surface area contributed by atoms with Gasteiger partial charge in [-0.15, -0.1) is 0 Å². The molecule has 1 aromatic heterocycles. The SMILES string of the molecule is CCCN(CC(F)(F)F)c1cc(Cl)nc(SC)n1. The number of alkyl halides is 3. The molecule has 0 aliphatic carbocycles. The smallest absolute Gasteiger partial charge is 0.347 e. The summed E-state index contributed by atoms with van der Waals surface area (Å²) in [6.45, 7) is 1.03. The highest BCUT2D eigenvalue weighted by Crippen LogP contribution is 2.24. The molecule has 0 radical (unpaired) electrons. The van der Waals surface area contributed by atoms with Crippen molar-refractivity contribution in [1.82, 2.24) is 9.97 Å². The summed E-state index contributed by atoms with van der Waals surface area (Å²) in [7, 11) is 0. The number of anilines is 1. The third-order valence-electron chi connectivity index (χ3n) is 2.03. The minimum absolute atomic E-state index is 0.146. The standard InChI is InChI=1S/C10H13ClF3N3S/c1-3-4-17(6-10(12,13)14)8-5-7(11)15-9(16-8)18-2/h5H,3-4,6H2,1-2H3. The molecule has 1 heterocycles. The van der Waals surface area contributed by atoms with Crippen LogP contribution in [0, 0.1) is 0 Å². The lowest BCUT2D eigenvalue weighted by molar-refractivity contribution is -0.119. The maximum atomic E-state index is 12.5. The number of aromatic nitrogens is 2. The minimum atomic E-state index is -4.27. The highest BCUT2D eigenvalue weighted by Gasteiger charge is 2.31. The molecular formula is C10H13ClF3N3S. The molecule has 1 aromatic rings. The fourth-order valence-electron chi connectivity index (χ4n) is 1.40. The van der Waals surface area contributed by atoms with Gasteiger partial charge in [-0.25, -0.2) is 9.97 Å². The van der Waals surface area contributed by atoms with E-state index in [1.54, 1.807) is 6.26 Å². The Morgan fingerprint density at radius 1 is 1.39 bits per heavy atom. The Balaban J connectivity index is 3.01. The molecule has 0 aliphatic rings. The topological polar surface area (TPSA) is 29.0 Å². The highest BCUT2D eigenvalue weighted by molar-refractivity contribution is 7.98. The summed E-state index contributed by atoms with van der Waals surface area (Å²) in [6.07, 6.45) is -1.94. The zero-order valence-corrected chi connectivity index (χ0v) is 11.5. The van der Waals surface area contributed by atoms with E-state index in [4.69, 9.17) is 11.6 Å². The lowest BCUT2D eigenvalue weighted by Gasteiger charge is -2.24. The molecule has 0 saturated heterocycles. The van der Waals surface area contributed by atoms with Crippen molar-refractivity contribution in [3.8, 4) is 0 Å². The van der Waals surface area contributed by atoms with Crippen molar-refractivity contribution in [3.63, 3.8) is 0 Å². The van der Waals surface area contributed by atoms with E-state index < -0.39 is 12.7 Å². The quantitative estimate of drug-likeness (QED) is 0.472. The van der Waals surface area contributed by atoms with Crippen molar-refractivity contribution < 1.29 is 13.2 Å². The van der Waals surface area contributed by atoms with Crippen LogP contribution < -0.4 is 4.90 Å². The molecule has 0 unspecified atom stereocenters. The first-order chi connectivity index (χ1) is 8.35. The number of nitrogens with zero attached hydrogens (tertiary/aromatic N) is 3. The van der Waals surface area contributed by atoms with Gasteiger partial charge < -0.3 is 4.90 Å². The Labute approximate surface area is 113 Å². The third-order valence-corrected chi connectivity index (χ3v) is 2.77. The third kappa shape index (κ3) is 4.89. The molecule has 0 N–H and O–H groups in total. The Bertz CT molecular complexity index is 400. The molecule has 3 nitrogen and oxygen atoms in total. The van der Waals surface area contributed by atoms with Crippen LogP contribution in [0.3, 0.4) is 0 Å². The van der Waals surface area contributed by atoms with Gasteiger partial charge in [0, 0.05) is 12.6 Å². The second kappa shape index (κ2) is 6.47. The summed E-state index contributed by atoms with van der Waals surface area (Å²) in [5.74, 6) is 0.207. The molecule has 18 heavy (non-hydrogen) atoms. The van der Waals surface area contributed by atoms with E-state index in [9.17, 15) is 13.2 Å². The zero-order valence-electron chi connectivity index (χ0n) is 9.96. The van der Waals surface area contributed by atoms with Gasteiger partial charge in [-0.05, 0) is 12.7 Å². The van der Waals surface area contributed by atoms with Gasteiger partial charge in [0.2, 0.25) is 0 Å². The van der Waals surface area contributed by atoms with Crippen molar-refractivity contribution in [2.75, 3.05) is 24.2 Å². The lowest BCUT2D eigenvalue weighted by atomic mass is 10.4. The average Bonchev–Trinajstić information content (AvgIpc) is 2.26. The van der Waals surface area contributed by atoms with E-state index in [2.05, 4.69) is 9.97 Å². The van der Waals surface area contributed by atoms with Crippen molar-refractivity contribution in [2.45, 2.75) is 24.7 Å². The molecule has 0 aliphatic heterocycles. The Morgan fingerprint density at radius 2 is 2.06 bits per heavy atom. The fraction of sp³-hybridized carbons (Fsp3) is 0.600. The van der Waals surface area contributed by atoms with E-state index in [0.717, 1.165) is 4.90 Å². The van der Waals surface area contributed by atoms with E-state index >= 15 is 0 Å². The highest BCUT2D eigenvalue weighted by atomic mass is 35.5. The van der Waals surface area contributed by atoms with Crippen LogP contribution in [0.2, 0.25) is 5.15 Å². The molecule has 0 saturated carbocycles. The fourth-order valence-corrected chi connectivity index (χ4v) is 2.00. The predicted molar refractivity (Wildman–Crippen MR) is 67.4 cm³/mol. The molecule has 8 heteroatoms. The van der Waals surface area contributed by atoms with Crippen molar-refractivity contribution in [2.24, 2.45) is 0 Å². The van der Waals surface area contributed by atoms with Gasteiger partial charge in [0.25, 0.3) is 0 Å². The summed E-state index contributed by atoms with van der Waals surface area (Å²) in [6, 6.07) is 1.35. The maximum absolute atomic E-state index is 12.5. The molecule has 0 atom stereocenters. The number of rotatable bonds is 5. The molecular weight excluding hydrogens is 287 g/mol. The second-order valence-electron chi connectivity index (χ2n) is 3.57. The molecule has 0 amide bonds. The van der Waals surface area contributed by atoms with Crippen molar-refractivity contribution in [1.29, 1.82) is 0 Å². The van der Waals surface area contributed by atoms with Crippen LogP contribution in [0.25, 0.3) is 0 Å². The van der Waals surface area contributed by atoms with Crippen molar-refractivity contribution in [3.05, 3.63) is 11.2 Å². The second-order valence-corrected chi connectivity index (χ2v) is 4.73. The predicted octanol–water partition coefficient (Wildman–Crippen LogP) is 3.63. The number of thioether (sulfide) groups is 1. The van der Waals surface area contributed by atoms with Crippen LogP contribution in [0.15, 0.2) is 11.2 Å². The van der Waals surface area contributed by atoms with Gasteiger partial charge in [-0.3, -0.25) is 0 Å². The van der Waals surface area contributed by atoms with Crippen LogP contribution in [-0.2, 0) is 0 Å². The molecule has 1 rings (SSSR count). The van der Waals surface area contributed by atoms with Gasteiger partial charge in [0.05, 0.1) is 0 Å². The number of halogens is 4. The zero-order chi connectivity index (χ0) is 13.8. The van der Waals surface area contributed by atoms with Crippen LogP contribution in [0.1, 0.15) is 13.3 Å². The van der Waals surface area contributed by atoms with E-state index in [-0.39, 0.29) is 17.5 Å². The maximum Gasteiger partial charge on any atom is 0.405 e. The molecule has 0 fully saturated rings. The van der Waals surface area contributed by atoms with Crippen molar-refractivity contribution >= 4 is 29.2 Å². The average molecular weight is 300 g/mol. The summed E-state index contributed by atoms with van der Waals surface area (Å²) in [5.41, 5.74) is 0. The summed E-state index contributed by atoms with van der Waals surface area (Å²) >= 11 is 7.01. The lowest BCUT2D eigenvalue weighted by Crippen LogP contribution is -2.35. The minimum Gasteiger partial charge on any atom is -0.347 e. The van der Waals surface area contributed by atoms with Crippen LogP contribution in [0.4, 0.5) is 19.0 Å². The Kier molecular flexibility index (Phi) is 5.52. The summed E-state index contributed by atoms with van der Waals surface area (Å²) in [4.78, 5) is 9.11. The van der Waals surface area contributed by atoms with Crippen LogP contribution in [-0.4, -0.2) is 35.5 Å². The molecule has 102 valence electrons. The van der Waals surface area contributed by atoms with Gasteiger partial charge >= 0.3 is 6.18 Å². The molecule has 0 bridgehead atoms. The van der Waals surface area contributed by atoms with Gasteiger partial charge in [-0.2, -0.15) is 13.2 Å². The largest absolute Gasteiger partial charge is 0.405 e.